The molecule has 0 bridgehead atoms. The number of aliphatic hydroxyl groups is 1. The predicted molar refractivity (Wildman–Crippen MR) is 86.6 cm³/mol. The van der Waals surface area contributed by atoms with Crippen molar-refractivity contribution in [3.8, 4) is 0 Å². The standard InChI is InChI=1S/C17H28N2O2/c1-6-8-10-14-13(3)17(4,5)19(12-20)16(21)18-15(14)11-9-7-2/h7,10-11,13,20H,2,6,8-9,12H2,1,3-5H3,(H,18,21)/b14-10-,15-11+. The van der Waals surface area contributed by atoms with Crippen LogP contribution in [0.5, 0.6) is 0 Å². The lowest BCUT2D eigenvalue weighted by molar-refractivity contribution is 0.0413. The molecular weight excluding hydrogens is 264 g/mol. The first-order chi connectivity index (χ1) is 9.89. The Morgan fingerprint density at radius 3 is 2.62 bits per heavy atom. The van der Waals surface area contributed by atoms with Gasteiger partial charge in [-0.05, 0) is 32.3 Å². The minimum Gasteiger partial charge on any atom is -0.376 e. The van der Waals surface area contributed by atoms with E-state index in [-0.39, 0.29) is 18.7 Å². The zero-order chi connectivity index (χ0) is 16.0. The summed E-state index contributed by atoms with van der Waals surface area (Å²) in [4.78, 5) is 13.8. The van der Waals surface area contributed by atoms with Gasteiger partial charge in [-0.1, -0.05) is 38.5 Å². The highest BCUT2D eigenvalue weighted by molar-refractivity contribution is 5.79. The molecule has 0 aromatic rings. The summed E-state index contributed by atoms with van der Waals surface area (Å²) in [5, 5.41) is 12.5. The van der Waals surface area contributed by atoms with Gasteiger partial charge in [-0.15, -0.1) is 6.58 Å². The third-order valence-electron chi connectivity index (χ3n) is 4.30. The molecule has 1 aliphatic rings. The first-order valence-corrected chi connectivity index (χ1v) is 7.61. The van der Waals surface area contributed by atoms with Gasteiger partial charge in [0, 0.05) is 17.2 Å². The Bertz CT molecular complexity index is 450. The average molecular weight is 292 g/mol. The zero-order valence-corrected chi connectivity index (χ0v) is 13.6. The molecule has 1 rings (SSSR count). The molecule has 1 fully saturated rings. The van der Waals surface area contributed by atoms with Crippen LogP contribution < -0.4 is 5.32 Å². The number of carbonyl (C=O) groups excluding carboxylic acids is 1. The molecule has 1 atom stereocenters. The van der Waals surface area contributed by atoms with Crippen LogP contribution in [0.15, 0.2) is 36.1 Å². The SMILES string of the molecule is C=CC/C=C1/NC(=O)N(CO)C(C)(C)C(C)/C1=C/CCC. The van der Waals surface area contributed by atoms with Crippen molar-refractivity contribution >= 4 is 6.03 Å². The number of amides is 2. The van der Waals surface area contributed by atoms with Crippen LogP contribution in [0.1, 0.15) is 47.0 Å². The number of rotatable bonds is 5. The quantitative estimate of drug-likeness (QED) is 0.761. The van der Waals surface area contributed by atoms with Gasteiger partial charge in [0.2, 0.25) is 0 Å². The number of urea groups is 1. The summed E-state index contributed by atoms with van der Waals surface area (Å²) in [6.45, 7) is 11.7. The van der Waals surface area contributed by atoms with Crippen LogP contribution in [0.25, 0.3) is 0 Å². The van der Waals surface area contributed by atoms with E-state index in [9.17, 15) is 9.90 Å². The molecule has 1 unspecified atom stereocenters. The summed E-state index contributed by atoms with van der Waals surface area (Å²) in [6, 6.07) is -0.260. The number of hydrogen-bond acceptors (Lipinski definition) is 2. The molecule has 2 amide bonds. The third kappa shape index (κ3) is 3.76. The second kappa shape index (κ2) is 7.46. The van der Waals surface area contributed by atoms with E-state index in [0.717, 1.165) is 24.1 Å². The van der Waals surface area contributed by atoms with Crippen molar-refractivity contribution in [1.82, 2.24) is 10.2 Å². The molecule has 1 aliphatic heterocycles. The summed E-state index contributed by atoms with van der Waals surface area (Å²) >= 11 is 0. The third-order valence-corrected chi connectivity index (χ3v) is 4.30. The van der Waals surface area contributed by atoms with Gasteiger partial charge in [-0.2, -0.15) is 0 Å². The summed E-state index contributed by atoms with van der Waals surface area (Å²) < 4.78 is 0. The van der Waals surface area contributed by atoms with Crippen LogP contribution in [0, 0.1) is 5.92 Å². The van der Waals surface area contributed by atoms with Crippen LogP contribution in [0.2, 0.25) is 0 Å². The number of nitrogens with one attached hydrogen (secondary N) is 1. The van der Waals surface area contributed by atoms with Crippen LogP contribution >= 0.6 is 0 Å². The van der Waals surface area contributed by atoms with Gasteiger partial charge in [0.15, 0.2) is 0 Å². The Morgan fingerprint density at radius 2 is 2.10 bits per heavy atom. The van der Waals surface area contributed by atoms with Gasteiger partial charge >= 0.3 is 6.03 Å². The maximum absolute atomic E-state index is 12.4. The lowest BCUT2D eigenvalue weighted by atomic mass is 9.80. The fraction of sp³-hybridized carbons (Fsp3) is 0.588. The van der Waals surface area contributed by atoms with E-state index >= 15 is 0 Å². The van der Waals surface area contributed by atoms with Crippen molar-refractivity contribution in [2.45, 2.75) is 52.5 Å². The molecule has 0 saturated carbocycles. The Balaban J connectivity index is 3.33. The lowest BCUT2D eigenvalue weighted by Gasteiger charge is -2.39. The van der Waals surface area contributed by atoms with Crippen molar-refractivity contribution in [2.75, 3.05) is 6.73 Å². The highest BCUT2D eigenvalue weighted by Gasteiger charge is 2.41. The van der Waals surface area contributed by atoms with Crippen molar-refractivity contribution in [3.63, 3.8) is 0 Å². The number of nitrogens with zero attached hydrogens (tertiary/aromatic N) is 1. The van der Waals surface area contributed by atoms with Gasteiger partial charge in [-0.25, -0.2) is 4.79 Å². The van der Waals surface area contributed by atoms with E-state index < -0.39 is 5.54 Å². The smallest absolute Gasteiger partial charge is 0.324 e. The zero-order valence-electron chi connectivity index (χ0n) is 13.6. The molecule has 0 aliphatic carbocycles. The molecule has 0 aromatic carbocycles. The number of carbonyl (C=O) groups is 1. The molecular formula is C17H28N2O2. The second-order valence-electron chi connectivity index (χ2n) is 5.97. The molecule has 21 heavy (non-hydrogen) atoms. The minimum absolute atomic E-state index is 0.117. The van der Waals surface area contributed by atoms with Crippen LogP contribution in [-0.4, -0.2) is 28.3 Å². The summed E-state index contributed by atoms with van der Waals surface area (Å²) in [5.41, 5.74) is 1.51. The summed E-state index contributed by atoms with van der Waals surface area (Å²) in [7, 11) is 0. The first-order valence-electron chi connectivity index (χ1n) is 7.61. The fourth-order valence-electron chi connectivity index (χ4n) is 2.57. The average Bonchev–Trinajstić information content (AvgIpc) is 2.50. The Morgan fingerprint density at radius 1 is 1.43 bits per heavy atom. The lowest BCUT2D eigenvalue weighted by Crippen LogP contribution is -2.52. The first kappa shape index (κ1) is 17.5. The van der Waals surface area contributed by atoms with E-state index in [2.05, 4.69) is 31.8 Å². The predicted octanol–water partition coefficient (Wildman–Crippen LogP) is 3.56. The molecule has 0 spiro atoms. The number of hydrogen-bond donors (Lipinski definition) is 2. The highest BCUT2D eigenvalue weighted by atomic mass is 16.3. The number of unbranched alkanes of at least 4 members (excludes halogenated alkanes) is 1. The van der Waals surface area contributed by atoms with Crippen LogP contribution in [-0.2, 0) is 0 Å². The van der Waals surface area contributed by atoms with E-state index in [1.807, 2.05) is 19.9 Å². The molecule has 4 heteroatoms. The molecule has 1 heterocycles. The summed E-state index contributed by atoms with van der Waals surface area (Å²) in [6.07, 6.45) is 8.72. The normalized spacial score (nSPS) is 25.9. The molecule has 0 radical (unpaired) electrons. The molecule has 0 aromatic heterocycles. The van der Waals surface area contributed by atoms with E-state index in [0.29, 0.717) is 6.42 Å². The van der Waals surface area contributed by atoms with Gasteiger partial charge in [0.25, 0.3) is 0 Å². The van der Waals surface area contributed by atoms with Gasteiger partial charge in [0.05, 0.1) is 0 Å². The van der Waals surface area contributed by atoms with Crippen LogP contribution in [0.3, 0.4) is 0 Å². The molecule has 2 N–H and O–H groups in total. The highest BCUT2D eigenvalue weighted by Crippen LogP contribution is 2.36. The molecule has 118 valence electrons. The van der Waals surface area contributed by atoms with Crippen molar-refractivity contribution in [1.29, 1.82) is 0 Å². The van der Waals surface area contributed by atoms with Crippen molar-refractivity contribution < 1.29 is 9.90 Å². The summed E-state index contributed by atoms with van der Waals surface area (Å²) in [5.74, 6) is 0.117. The van der Waals surface area contributed by atoms with E-state index in [1.165, 1.54) is 4.90 Å². The second-order valence-corrected chi connectivity index (χ2v) is 5.97. The molecule has 1 saturated heterocycles. The Labute approximate surface area is 128 Å². The van der Waals surface area contributed by atoms with E-state index in [1.54, 1.807) is 6.08 Å². The Hall–Kier alpha value is -1.55. The van der Waals surface area contributed by atoms with Gasteiger partial charge < -0.3 is 10.4 Å². The monoisotopic (exact) mass is 292 g/mol. The van der Waals surface area contributed by atoms with Gasteiger partial charge in [-0.3, -0.25) is 4.90 Å². The maximum atomic E-state index is 12.4. The molecule has 4 nitrogen and oxygen atoms in total. The number of allylic oxidation sites excluding steroid dienone is 4. The van der Waals surface area contributed by atoms with Crippen molar-refractivity contribution in [3.05, 3.63) is 36.1 Å². The topological polar surface area (TPSA) is 52.6 Å². The maximum Gasteiger partial charge on any atom is 0.324 e. The Kier molecular flexibility index (Phi) is 6.21. The van der Waals surface area contributed by atoms with Crippen LogP contribution in [0.4, 0.5) is 4.79 Å². The number of aliphatic hydroxyl groups excluding tert-OH is 1. The van der Waals surface area contributed by atoms with E-state index in [4.69, 9.17) is 0 Å². The fourth-order valence-corrected chi connectivity index (χ4v) is 2.57. The largest absolute Gasteiger partial charge is 0.376 e. The minimum atomic E-state index is -0.456. The van der Waals surface area contributed by atoms with Crippen molar-refractivity contribution in [2.24, 2.45) is 5.92 Å². The van der Waals surface area contributed by atoms with Gasteiger partial charge in [0.1, 0.15) is 6.73 Å².